The van der Waals surface area contributed by atoms with E-state index in [9.17, 15) is 4.79 Å². The van der Waals surface area contributed by atoms with Crippen molar-refractivity contribution in [2.75, 3.05) is 13.6 Å². The molecule has 15 heavy (non-hydrogen) atoms. The van der Waals surface area contributed by atoms with Crippen molar-refractivity contribution in [1.82, 2.24) is 15.0 Å². The zero-order chi connectivity index (χ0) is 11.3. The number of aromatic nitrogens is 2. The van der Waals surface area contributed by atoms with Crippen molar-refractivity contribution >= 4 is 11.7 Å². The summed E-state index contributed by atoms with van der Waals surface area (Å²) >= 11 is 0. The van der Waals surface area contributed by atoms with Crippen LogP contribution < -0.4 is 5.73 Å². The summed E-state index contributed by atoms with van der Waals surface area (Å²) in [5, 5.41) is 17.0. The Morgan fingerprint density at radius 2 is 2.60 bits per heavy atom. The lowest BCUT2D eigenvalue weighted by Crippen LogP contribution is -2.12. The lowest BCUT2D eigenvalue weighted by atomic mass is 10.4. The highest BCUT2D eigenvalue weighted by molar-refractivity contribution is 5.94. The topological polar surface area (TPSA) is 124 Å². The first-order valence-electron chi connectivity index (χ1n) is 3.98. The van der Waals surface area contributed by atoms with Crippen LogP contribution in [0.1, 0.15) is 10.5 Å². The number of imidazole rings is 1. The van der Waals surface area contributed by atoms with Crippen molar-refractivity contribution in [1.29, 1.82) is 5.26 Å². The van der Waals surface area contributed by atoms with Crippen LogP contribution in [0.5, 0.6) is 0 Å². The lowest BCUT2D eigenvalue weighted by molar-refractivity contribution is 0.0996. The molecule has 0 aromatic carbocycles. The zero-order valence-corrected chi connectivity index (χ0v) is 8.01. The third kappa shape index (κ3) is 2.77. The summed E-state index contributed by atoms with van der Waals surface area (Å²) in [6.45, 7) is 0.0971. The Kier molecular flexibility index (Phi) is 3.34. The quantitative estimate of drug-likeness (QED) is 0.408. The molecule has 3 N–H and O–H groups in total. The van der Waals surface area contributed by atoms with Gasteiger partial charge in [0, 0.05) is 7.05 Å². The van der Waals surface area contributed by atoms with E-state index in [1.807, 2.05) is 6.07 Å². The van der Waals surface area contributed by atoms with Crippen LogP contribution in [0, 0.1) is 11.3 Å². The highest BCUT2D eigenvalue weighted by Gasteiger charge is 2.09. The summed E-state index contributed by atoms with van der Waals surface area (Å²) < 4.78 is 0. The first-order valence-corrected chi connectivity index (χ1v) is 3.98. The van der Waals surface area contributed by atoms with Crippen molar-refractivity contribution in [2.45, 2.75) is 0 Å². The van der Waals surface area contributed by atoms with E-state index in [2.05, 4.69) is 20.3 Å². The first-order chi connectivity index (χ1) is 7.15. The molecule has 0 fully saturated rings. The molecule has 0 unspecified atom stereocenters. The summed E-state index contributed by atoms with van der Waals surface area (Å²) in [6.07, 6.45) is 1.29. The maximum Gasteiger partial charge on any atom is 0.269 e. The van der Waals surface area contributed by atoms with Crippen LogP contribution >= 0.6 is 0 Å². The van der Waals surface area contributed by atoms with Gasteiger partial charge in [-0.2, -0.15) is 5.26 Å². The number of primary amides is 1. The molecule has 1 rings (SSSR count). The molecule has 0 atom stereocenters. The van der Waals surface area contributed by atoms with Gasteiger partial charge in [0.2, 0.25) is 5.82 Å². The molecular formula is C7H9N7O. The number of nitrogens with two attached hydrogens (primary N) is 1. The maximum atomic E-state index is 10.8. The number of H-pyrrole nitrogens is 1. The number of hydrogen-bond donors (Lipinski definition) is 2. The van der Waals surface area contributed by atoms with E-state index in [0.29, 0.717) is 0 Å². The number of nitrogens with zero attached hydrogens (tertiary/aromatic N) is 5. The molecular weight excluding hydrogens is 198 g/mol. The van der Waals surface area contributed by atoms with Gasteiger partial charge in [-0.05, 0) is 0 Å². The normalized spacial score (nSPS) is 10.1. The molecule has 0 saturated heterocycles. The number of amides is 1. The Morgan fingerprint density at radius 3 is 3.20 bits per heavy atom. The maximum absolute atomic E-state index is 10.8. The van der Waals surface area contributed by atoms with Gasteiger partial charge in [-0.25, -0.2) is 4.98 Å². The van der Waals surface area contributed by atoms with E-state index < -0.39 is 5.91 Å². The zero-order valence-electron chi connectivity index (χ0n) is 8.01. The highest BCUT2D eigenvalue weighted by atomic mass is 16.1. The minimum absolute atomic E-state index is 0.0871. The fourth-order valence-electron chi connectivity index (χ4n) is 0.797. The smallest absolute Gasteiger partial charge is 0.269 e. The van der Waals surface area contributed by atoms with Crippen LogP contribution in [0.25, 0.3) is 0 Å². The van der Waals surface area contributed by atoms with E-state index in [1.165, 1.54) is 11.3 Å². The molecule has 1 aromatic heterocycles. The lowest BCUT2D eigenvalue weighted by Gasteiger charge is -2.03. The van der Waals surface area contributed by atoms with Gasteiger partial charge >= 0.3 is 0 Å². The number of nitrogens with one attached hydrogen (secondary N) is 1. The van der Waals surface area contributed by atoms with Gasteiger partial charge < -0.3 is 10.7 Å². The van der Waals surface area contributed by atoms with Crippen LogP contribution in [0.4, 0.5) is 5.82 Å². The standard InChI is InChI=1S/C7H9N7O/c1-14(3-2-8)13-12-7-5(6(9)15)10-4-11-7/h4H,3H2,1H3,(H2,9,15)(H,10,11). The minimum Gasteiger partial charge on any atom is -0.364 e. The van der Waals surface area contributed by atoms with Gasteiger partial charge in [-0.3, -0.25) is 9.80 Å². The second-order valence-electron chi connectivity index (χ2n) is 2.63. The van der Waals surface area contributed by atoms with Gasteiger partial charge in [0.25, 0.3) is 5.91 Å². The van der Waals surface area contributed by atoms with E-state index >= 15 is 0 Å². The molecule has 0 aliphatic heterocycles. The highest BCUT2D eigenvalue weighted by Crippen LogP contribution is 2.13. The van der Waals surface area contributed by atoms with Gasteiger partial charge in [0.1, 0.15) is 6.54 Å². The third-order valence-electron chi connectivity index (χ3n) is 1.46. The summed E-state index contributed by atoms with van der Waals surface area (Å²) in [6, 6.07) is 1.89. The molecule has 1 heterocycles. The van der Waals surface area contributed by atoms with Crippen LogP contribution in [0.15, 0.2) is 16.7 Å². The monoisotopic (exact) mass is 207 g/mol. The number of nitriles is 1. The number of carbonyl (C=O) groups excluding carboxylic acids is 1. The van der Waals surface area contributed by atoms with Crippen LogP contribution in [-0.2, 0) is 0 Å². The van der Waals surface area contributed by atoms with Crippen molar-refractivity contribution < 1.29 is 4.79 Å². The number of rotatable bonds is 4. The predicted molar refractivity (Wildman–Crippen MR) is 49.9 cm³/mol. The summed E-state index contributed by atoms with van der Waals surface area (Å²) in [5.41, 5.74) is 5.13. The van der Waals surface area contributed by atoms with Crippen molar-refractivity contribution in [3.63, 3.8) is 0 Å². The van der Waals surface area contributed by atoms with E-state index in [1.54, 1.807) is 7.05 Å². The number of aromatic amines is 1. The van der Waals surface area contributed by atoms with E-state index in [0.717, 1.165) is 0 Å². The van der Waals surface area contributed by atoms with Gasteiger partial charge in [-0.1, -0.05) is 5.22 Å². The Bertz CT molecular complexity index is 415. The fraction of sp³-hybridized carbons (Fsp3) is 0.286. The van der Waals surface area contributed by atoms with Crippen LogP contribution in [0.3, 0.4) is 0 Å². The Balaban J connectivity index is 2.77. The number of carbonyl (C=O) groups is 1. The molecule has 8 nitrogen and oxygen atoms in total. The Morgan fingerprint density at radius 1 is 1.87 bits per heavy atom. The third-order valence-corrected chi connectivity index (χ3v) is 1.46. The number of hydrogen-bond acceptors (Lipinski definition) is 5. The largest absolute Gasteiger partial charge is 0.364 e. The first kappa shape index (κ1) is 10.6. The molecule has 1 amide bonds. The van der Waals surface area contributed by atoms with Crippen LogP contribution in [0.2, 0.25) is 0 Å². The molecule has 0 saturated carbocycles. The fourth-order valence-corrected chi connectivity index (χ4v) is 0.797. The molecule has 0 radical (unpaired) electrons. The van der Waals surface area contributed by atoms with E-state index in [4.69, 9.17) is 11.0 Å². The second-order valence-corrected chi connectivity index (χ2v) is 2.63. The average Bonchev–Trinajstić information content (AvgIpc) is 2.63. The Hall–Kier alpha value is -2.43. The molecule has 0 aliphatic carbocycles. The van der Waals surface area contributed by atoms with Crippen LogP contribution in [-0.4, -0.2) is 34.5 Å². The predicted octanol–water partition coefficient (Wildman–Crippen LogP) is -0.0373. The van der Waals surface area contributed by atoms with Crippen molar-refractivity contribution in [2.24, 2.45) is 16.1 Å². The molecule has 0 spiro atoms. The summed E-state index contributed by atoms with van der Waals surface area (Å²) in [5.74, 6) is -0.559. The summed E-state index contributed by atoms with van der Waals surface area (Å²) in [7, 11) is 1.57. The van der Waals surface area contributed by atoms with Gasteiger partial charge in [-0.15, -0.1) is 5.11 Å². The minimum atomic E-state index is -0.663. The molecule has 0 aliphatic rings. The molecule has 78 valence electrons. The molecule has 0 bridgehead atoms. The molecule has 1 aromatic rings. The SMILES string of the molecule is CN(CC#N)N=Nc1nc[nH]c1C(N)=O. The molecule has 8 heteroatoms. The summed E-state index contributed by atoms with van der Waals surface area (Å²) in [4.78, 5) is 17.1. The van der Waals surface area contributed by atoms with Crippen molar-refractivity contribution in [3.8, 4) is 6.07 Å². The van der Waals surface area contributed by atoms with Crippen molar-refractivity contribution in [3.05, 3.63) is 12.0 Å². The average molecular weight is 207 g/mol. The van der Waals surface area contributed by atoms with Gasteiger partial charge in [0.15, 0.2) is 5.69 Å². The second kappa shape index (κ2) is 4.71. The Labute approximate surface area is 85.4 Å². The van der Waals surface area contributed by atoms with E-state index in [-0.39, 0.29) is 18.1 Å². The van der Waals surface area contributed by atoms with Gasteiger partial charge in [0.05, 0.1) is 12.4 Å².